The third kappa shape index (κ3) is 6.09. The summed E-state index contributed by atoms with van der Waals surface area (Å²) in [5, 5.41) is 2.66. The Labute approximate surface area is 202 Å². The molecule has 0 bridgehead atoms. The number of carbonyl (C=O) groups excluding carboxylic acids is 1. The molecule has 1 N–H and O–H groups in total. The zero-order valence-corrected chi connectivity index (χ0v) is 20.4. The van der Waals surface area contributed by atoms with Crippen LogP contribution in [0.2, 0.25) is 0 Å². The molecule has 188 valence electrons. The fourth-order valence-corrected chi connectivity index (χ4v) is 4.74. The Morgan fingerprint density at radius 3 is 2.29 bits per heavy atom. The molecule has 1 aliphatic heterocycles. The number of amides is 1. The highest BCUT2D eigenvalue weighted by atomic mass is 32.2. The molecule has 0 radical (unpaired) electrons. The number of rotatable bonds is 6. The average molecular weight is 508 g/mol. The maximum Gasteiger partial charge on any atom is 0.257 e. The summed E-state index contributed by atoms with van der Waals surface area (Å²) in [5.74, 6) is -1.58. The normalized spacial score (nSPS) is 26.6. The number of alkyl halides is 2. The Morgan fingerprint density at radius 1 is 1.11 bits per heavy atom. The van der Waals surface area contributed by atoms with Crippen molar-refractivity contribution in [3.63, 3.8) is 0 Å². The van der Waals surface area contributed by atoms with Gasteiger partial charge in [0.2, 0.25) is 0 Å². The molecule has 1 amide bonds. The third-order valence-corrected chi connectivity index (χ3v) is 7.07. The monoisotopic (exact) mass is 507 g/mol. The van der Waals surface area contributed by atoms with Crippen molar-refractivity contribution in [3.8, 4) is 0 Å². The second-order valence-corrected chi connectivity index (χ2v) is 11.3. The number of carbonyl (C=O) groups is 1. The van der Waals surface area contributed by atoms with Gasteiger partial charge in [0.15, 0.2) is 21.4 Å². The first-order valence-corrected chi connectivity index (χ1v) is 13.1. The summed E-state index contributed by atoms with van der Waals surface area (Å²) in [6, 6.07) is 5.75. The van der Waals surface area contributed by atoms with E-state index in [1.807, 2.05) is 0 Å². The largest absolute Gasteiger partial charge is 0.347 e. The molecule has 2 fully saturated rings. The lowest BCUT2D eigenvalue weighted by Gasteiger charge is -2.16. The maximum atomic E-state index is 13.8. The summed E-state index contributed by atoms with van der Waals surface area (Å²) >= 11 is 0. The summed E-state index contributed by atoms with van der Waals surface area (Å²) in [7, 11) is -3.43. The summed E-state index contributed by atoms with van der Waals surface area (Å²) < 4.78 is 62.4. The Balaban J connectivity index is 1.55. The quantitative estimate of drug-likeness (QED) is 0.593. The van der Waals surface area contributed by atoms with E-state index in [9.17, 15) is 22.0 Å². The molecule has 4 atom stereocenters. The second-order valence-electron chi connectivity index (χ2n) is 9.24. The highest BCUT2D eigenvalue weighted by Crippen LogP contribution is 2.34. The molecule has 4 rings (SSSR count). The smallest absolute Gasteiger partial charge is 0.257 e. The number of hydrogen-bond acceptors (Lipinski definition) is 7. The van der Waals surface area contributed by atoms with Gasteiger partial charge in [-0.05, 0) is 50.3 Å². The van der Waals surface area contributed by atoms with E-state index in [2.05, 4.69) is 15.3 Å². The topological polar surface area (TPSA) is 107 Å². The number of allylic oxidation sites excluding steroid dienone is 1. The molecular formula is C24H27F2N3O5S. The molecule has 8 nitrogen and oxygen atoms in total. The molecule has 1 saturated carbocycles. The van der Waals surface area contributed by atoms with Gasteiger partial charge in [0.25, 0.3) is 5.91 Å². The van der Waals surface area contributed by atoms with Crippen LogP contribution >= 0.6 is 0 Å². The van der Waals surface area contributed by atoms with Crippen LogP contribution in [0.5, 0.6) is 0 Å². The fraction of sp³-hybridized carbons (Fsp3) is 0.458. The molecule has 1 saturated heterocycles. The highest BCUT2D eigenvalue weighted by molar-refractivity contribution is 7.90. The third-order valence-electron chi connectivity index (χ3n) is 5.94. The van der Waals surface area contributed by atoms with Gasteiger partial charge in [-0.2, -0.15) is 0 Å². The lowest BCUT2D eigenvalue weighted by atomic mass is 9.98. The van der Waals surface area contributed by atoms with Crippen LogP contribution in [0.15, 0.2) is 47.6 Å². The molecule has 1 unspecified atom stereocenters. The van der Waals surface area contributed by atoms with Crippen molar-refractivity contribution < 1.29 is 31.5 Å². The number of ether oxygens (including phenoxy) is 2. The number of benzene rings is 1. The Morgan fingerprint density at radius 2 is 1.77 bits per heavy atom. The van der Waals surface area contributed by atoms with Crippen molar-refractivity contribution >= 4 is 27.1 Å². The molecule has 11 heteroatoms. The number of anilines is 1. The molecule has 1 aliphatic carbocycles. The number of sulfone groups is 1. The van der Waals surface area contributed by atoms with Crippen molar-refractivity contribution in [2.45, 2.75) is 55.8 Å². The van der Waals surface area contributed by atoms with Crippen molar-refractivity contribution in [1.29, 1.82) is 0 Å². The van der Waals surface area contributed by atoms with Gasteiger partial charge < -0.3 is 14.8 Å². The zero-order chi connectivity index (χ0) is 25.4. The average Bonchev–Trinajstić information content (AvgIpc) is 3.32. The van der Waals surface area contributed by atoms with Gasteiger partial charge in [0, 0.05) is 11.8 Å². The number of nitrogens with one attached hydrogen (secondary N) is 1. The fourth-order valence-electron chi connectivity index (χ4n) is 4.11. The predicted octanol–water partition coefficient (Wildman–Crippen LogP) is 3.81. The SMILES string of the molecule is CC1(C)OC[C@@H](c2cnc(NC(=O)/C(=C/C3C[C@@H](F)[C@@H](F)C3)c3ccc(S(C)(=O)=O)cc3)cn2)O1. The van der Waals surface area contributed by atoms with Crippen LogP contribution in [0.3, 0.4) is 0 Å². The molecule has 1 aromatic heterocycles. The van der Waals surface area contributed by atoms with Crippen LogP contribution in [0.25, 0.3) is 5.57 Å². The predicted molar refractivity (Wildman–Crippen MR) is 125 cm³/mol. The van der Waals surface area contributed by atoms with Crippen molar-refractivity contribution in [1.82, 2.24) is 9.97 Å². The van der Waals surface area contributed by atoms with Crippen molar-refractivity contribution in [2.24, 2.45) is 5.92 Å². The van der Waals surface area contributed by atoms with Crippen molar-refractivity contribution in [3.05, 3.63) is 54.0 Å². The number of nitrogens with zero attached hydrogens (tertiary/aromatic N) is 2. The summed E-state index contributed by atoms with van der Waals surface area (Å²) in [5.41, 5.74) is 1.13. The van der Waals surface area contributed by atoms with Gasteiger partial charge in [0.05, 0.1) is 29.6 Å². The van der Waals surface area contributed by atoms with E-state index in [1.54, 1.807) is 13.8 Å². The summed E-state index contributed by atoms with van der Waals surface area (Å²) in [4.78, 5) is 21.8. The number of aromatic nitrogens is 2. The molecule has 0 spiro atoms. The first kappa shape index (κ1) is 25.3. The lowest BCUT2D eigenvalue weighted by Crippen LogP contribution is -2.20. The minimum Gasteiger partial charge on any atom is -0.347 e. The van der Waals surface area contributed by atoms with E-state index < -0.39 is 39.8 Å². The number of halogens is 2. The zero-order valence-electron chi connectivity index (χ0n) is 19.6. The van der Waals surface area contributed by atoms with Gasteiger partial charge in [-0.15, -0.1) is 0 Å². The van der Waals surface area contributed by atoms with Crippen LogP contribution < -0.4 is 5.32 Å². The van der Waals surface area contributed by atoms with Crippen LogP contribution in [0, 0.1) is 5.92 Å². The first-order valence-electron chi connectivity index (χ1n) is 11.2. The molecular weight excluding hydrogens is 480 g/mol. The Bertz CT molecular complexity index is 1210. The molecule has 2 heterocycles. The van der Waals surface area contributed by atoms with Crippen LogP contribution in [-0.4, -0.2) is 55.3 Å². The highest BCUT2D eigenvalue weighted by Gasteiger charge is 2.35. The van der Waals surface area contributed by atoms with Crippen LogP contribution in [-0.2, 0) is 24.1 Å². The molecule has 1 aromatic carbocycles. The minimum absolute atomic E-state index is 0.0340. The van der Waals surface area contributed by atoms with E-state index >= 15 is 0 Å². The van der Waals surface area contributed by atoms with Gasteiger partial charge >= 0.3 is 0 Å². The molecule has 2 aromatic rings. The standard InChI is InChI=1S/C24H27F2N3O5S/c1-24(2)33-13-21(34-24)20-11-28-22(12-27-20)29-23(30)17(8-14-9-18(25)19(26)10-14)15-4-6-16(7-5-15)35(3,31)32/h4-8,11-12,14,18-19,21H,9-10,13H2,1-3H3,(H,28,29,30)/b17-8+/t14?,18-,19+,21-/m0/s1. The van der Waals surface area contributed by atoms with Gasteiger partial charge in [-0.25, -0.2) is 22.2 Å². The molecule has 2 aliphatic rings. The molecule has 35 heavy (non-hydrogen) atoms. The minimum atomic E-state index is -3.43. The van der Waals surface area contributed by atoms with E-state index in [-0.39, 0.29) is 35.2 Å². The maximum absolute atomic E-state index is 13.8. The van der Waals surface area contributed by atoms with E-state index in [4.69, 9.17) is 9.47 Å². The van der Waals surface area contributed by atoms with Crippen molar-refractivity contribution in [2.75, 3.05) is 18.2 Å². The van der Waals surface area contributed by atoms with Crippen LogP contribution in [0.1, 0.15) is 44.1 Å². The summed E-state index contributed by atoms with van der Waals surface area (Å²) in [6.07, 6.45) is 1.86. The van der Waals surface area contributed by atoms with E-state index in [0.717, 1.165) is 6.26 Å². The summed E-state index contributed by atoms with van der Waals surface area (Å²) in [6.45, 7) is 3.92. The van der Waals surface area contributed by atoms with E-state index in [1.165, 1.54) is 42.7 Å². The first-order chi connectivity index (χ1) is 16.4. The van der Waals surface area contributed by atoms with Crippen LogP contribution in [0.4, 0.5) is 14.6 Å². The Kier molecular flexibility index (Phi) is 7.03. The van der Waals surface area contributed by atoms with Gasteiger partial charge in [-0.1, -0.05) is 18.2 Å². The second kappa shape index (κ2) is 9.71. The van der Waals surface area contributed by atoms with E-state index in [0.29, 0.717) is 17.9 Å². The Hall–Kier alpha value is -2.76. The number of hydrogen-bond donors (Lipinski definition) is 1. The van der Waals surface area contributed by atoms with Gasteiger partial charge in [0.1, 0.15) is 18.4 Å². The van der Waals surface area contributed by atoms with Gasteiger partial charge in [-0.3, -0.25) is 9.78 Å². The lowest BCUT2D eigenvalue weighted by molar-refractivity contribution is -0.139.